The van der Waals surface area contributed by atoms with E-state index in [4.69, 9.17) is 9.84 Å². The van der Waals surface area contributed by atoms with Crippen LogP contribution in [0.2, 0.25) is 0 Å². The first-order valence-corrected chi connectivity index (χ1v) is 5.41. The number of carbonyl (C=O) groups is 1. The lowest BCUT2D eigenvalue weighted by Gasteiger charge is -2.14. The van der Waals surface area contributed by atoms with Crippen LogP contribution in [0.5, 0.6) is 0 Å². The standard InChI is InChI=1S/C12H13NO3/c1-7-2-3-9-8(4-7)5-10-11(6-14)16-12(15)13(9)10/h2-4,10-11,14H,5-6H2,1H3. The molecule has 2 unspecified atom stereocenters. The molecule has 2 atom stereocenters. The average Bonchev–Trinajstić information content (AvgIpc) is 2.76. The second-order valence-electron chi connectivity index (χ2n) is 4.38. The minimum atomic E-state index is -0.389. The molecular weight excluding hydrogens is 206 g/mol. The molecule has 1 aromatic carbocycles. The lowest BCUT2D eigenvalue weighted by atomic mass is 10.0. The van der Waals surface area contributed by atoms with Gasteiger partial charge in [0.1, 0.15) is 6.10 Å². The van der Waals surface area contributed by atoms with Crippen LogP contribution in [0.25, 0.3) is 0 Å². The van der Waals surface area contributed by atoms with E-state index in [1.165, 1.54) is 11.1 Å². The van der Waals surface area contributed by atoms with Crippen LogP contribution in [-0.2, 0) is 11.2 Å². The SMILES string of the molecule is Cc1ccc2c(c1)CC1C(CO)OC(=O)N21. The van der Waals surface area contributed by atoms with Crippen LogP contribution in [-0.4, -0.2) is 30.0 Å². The molecule has 0 radical (unpaired) electrons. The summed E-state index contributed by atoms with van der Waals surface area (Å²) in [6.07, 6.45) is 0.0420. The summed E-state index contributed by atoms with van der Waals surface area (Å²) in [6, 6.07) is 6.00. The molecule has 1 fully saturated rings. The van der Waals surface area contributed by atoms with Gasteiger partial charge in [-0.05, 0) is 25.0 Å². The monoisotopic (exact) mass is 219 g/mol. The van der Waals surface area contributed by atoms with Gasteiger partial charge in [-0.3, -0.25) is 4.90 Å². The smallest absolute Gasteiger partial charge is 0.415 e. The Hall–Kier alpha value is -1.55. The van der Waals surface area contributed by atoms with Gasteiger partial charge in [0.05, 0.1) is 18.3 Å². The first-order valence-electron chi connectivity index (χ1n) is 5.41. The molecule has 16 heavy (non-hydrogen) atoms. The highest BCUT2D eigenvalue weighted by atomic mass is 16.6. The summed E-state index contributed by atoms with van der Waals surface area (Å²) in [5, 5.41) is 9.16. The number of ether oxygens (including phenoxy) is 1. The predicted octanol–water partition coefficient (Wildman–Crippen LogP) is 1.24. The normalized spacial score (nSPS) is 26.6. The van der Waals surface area contributed by atoms with Crippen molar-refractivity contribution in [3.63, 3.8) is 0 Å². The van der Waals surface area contributed by atoms with E-state index in [0.29, 0.717) is 0 Å². The summed E-state index contributed by atoms with van der Waals surface area (Å²) in [4.78, 5) is 13.3. The quantitative estimate of drug-likeness (QED) is 0.773. The molecular formula is C12H13NO3. The molecule has 1 N–H and O–H groups in total. The number of benzene rings is 1. The molecule has 2 aliphatic rings. The van der Waals surface area contributed by atoms with Crippen LogP contribution in [0.1, 0.15) is 11.1 Å². The van der Waals surface area contributed by atoms with Gasteiger partial charge in [0.2, 0.25) is 0 Å². The van der Waals surface area contributed by atoms with Crippen LogP contribution in [0.4, 0.5) is 10.5 Å². The fourth-order valence-corrected chi connectivity index (χ4v) is 2.56. The summed E-state index contributed by atoms with van der Waals surface area (Å²) in [5.74, 6) is 0. The number of aryl methyl sites for hydroxylation is 1. The van der Waals surface area contributed by atoms with E-state index in [1.54, 1.807) is 4.90 Å². The summed E-state index contributed by atoms with van der Waals surface area (Å²) < 4.78 is 5.10. The molecule has 4 nitrogen and oxygen atoms in total. The molecule has 84 valence electrons. The van der Waals surface area contributed by atoms with E-state index in [2.05, 4.69) is 6.07 Å². The number of cyclic esters (lactones) is 1. The average molecular weight is 219 g/mol. The number of hydrogen-bond acceptors (Lipinski definition) is 3. The van der Waals surface area contributed by atoms with Crippen LogP contribution in [0.3, 0.4) is 0 Å². The van der Waals surface area contributed by atoms with Crippen molar-refractivity contribution in [3.05, 3.63) is 29.3 Å². The second-order valence-corrected chi connectivity index (χ2v) is 4.38. The number of fused-ring (bicyclic) bond motifs is 3. The third-order valence-electron chi connectivity index (χ3n) is 3.31. The van der Waals surface area contributed by atoms with Crippen molar-refractivity contribution in [2.75, 3.05) is 11.5 Å². The summed E-state index contributed by atoms with van der Waals surface area (Å²) in [6.45, 7) is 1.92. The van der Waals surface area contributed by atoms with Crippen molar-refractivity contribution in [2.45, 2.75) is 25.5 Å². The van der Waals surface area contributed by atoms with E-state index < -0.39 is 0 Å². The molecule has 0 aromatic heterocycles. The Morgan fingerprint density at radius 1 is 1.56 bits per heavy atom. The first-order chi connectivity index (χ1) is 7.70. The maximum Gasteiger partial charge on any atom is 0.415 e. The highest BCUT2D eigenvalue weighted by Crippen LogP contribution is 2.38. The van der Waals surface area contributed by atoms with Crippen LogP contribution in [0, 0.1) is 6.92 Å². The molecule has 1 amide bonds. The molecule has 0 spiro atoms. The Balaban J connectivity index is 2.04. The largest absolute Gasteiger partial charge is 0.441 e. The number of aliphatic hydroxyl groups excluding tert-OH is 1. The van der Waals surface area contributed by atoms with Gasteiger partial charge >= 0.3 is 6.09 Å². The number of nitrogens with zero attached hydrogens (tertiary/aromatic N) is 1. The third kappa shape index (κ3) is 1.16. The second kappa shape index (κ2) is 3.22. The minimum Gasteiger partial charge on any atom is -0.441 e. The van der Waals surface area contributed by atoms with Crippen LogP contribution < -0.4 is 4.90 Å². The van der Waals surface area contributed by atoms with E-state index in [-0.39, 0.29) is 24.8 Å². The van der Waals surface area contributed by atoms with Gasteiger partial charge in [0.15, 0.2) is 0 Å². The van der Waals surface area contributed by atoms with E-state index in [9.17, 15) is 4.79 Å². The van der Waals surface area contributed by atoms with E-state index >= 15 is 0 Å². The fraction of sp³-hybridized carbons (Fsp3) is 0.417. The molecule has 0 aliphatic carbocycles. The van der Waals surface area contributed by atoms with Gasteiger partial charge in [-0.1, -0.05) is 17.7 Å². The lowest BCUT2D eigenvalue weighted by Crippen LogP contribution is -2.34. The molecule has 3 rings (SSSR count). The molecule has 1 saturated heterocycles. The van der Waals surface area contributed by atoms with Gasteiger partial charge in [-0.25, -0.2) is 4.79 Å². The van der Waals surface area contributed by atoms with Gasteiger partial charge in [-0.15, -0.1) is 0 Å². The van der Waals surface area contributed by atoms with Crippen molar-refractivity contribution >= 4 is 11.8 Å². The number of aliphatic hydroxyl groups is 1. The van der Waals surface area contributed by atoms with Gasteiger partial charge in [-0.2, -0.15) is 0 Å². The van der Waals surface area contributed by atoms with Crippen molar-refractivity contribution in [3.8, 4) is 0 Å². The Kier molecular flexibility index (Phi) is 1.94. The third-order valence-corrected chi connectivity index (χ3v) is 3.31. The van der Waals surface area contributed by atoms with Crippen LogP contribution in [0.15, 0.2) is 18.2 Å². The Morgan fingerprint density at radius 2 is 2.38 bits per heavy atom. The maximum atomic E-state index is 11.7. The molecule has 2 heterocycles. The predicted molar refractivity (Wildman–Crippen MR) is 58.5 cm³/mol. The molecule has 2 aliphatic heterocycles. The number of anilines is 1. The van der Waals surface area contributed by atoms with E-state index in [0.717, 1.165) is 12.1 Å². The minimum absolute atomic E-state index is 0.0331. The van der Waals surface area contributed by atoms with Crippen molar-refractivity contribution < 1.29 is 14.6 Å². The van der Waals surface area contributed by atoms with Crippen molar-refractivity contribution in [1.82, 2.24) is 0 Å². The number of hydrogen-bond donors (Lipinski definition) is 1. The summed E-state index contributed by atoms with van der Waals surface area (Å²) in [5.41, 5.74) is 3.28. The molecule has 4 heteroatoms. The highest BCUT2D eigenvalue weighted by Gasteiger charge is 2.46. The Bertz CT molecular complexity index is 458. The van der Waals surface area contributed by atoms with Gasteiger partial charge in [0.25, 0.3) is 0 Å². The Morgan fingerprint density at radius 3 is 3.12 bits per heavy atom. The zero-order valence-corrected chi connectivity index (χ0v) is 9.01. The number of carbonyl (C=O) groups excluding carboxylic acids is 1. The lowest BCUT2D eigenvalue weighted by molar-refractivity contribution is 0.0830. The zero-order valence-electron chi connectivity index (χ0n) is 9.01. The summed E-state index contributed by atoms with van der Waals surface area (Å²) >= 11 is 0. The van der Waals surface area contributed by atoms with E-state index in [1.807, 2.05) is 19.1 Å². The van der Waals surface area contributed by atoms with Crippen molar-refractivity contribution in [2.24, 2.45) is 0 Å². The molecule has 1 aromatic rings. The van der Waals surface area contributed by atoms with Gasteiger partial charge < -0.3 is 9.84 Å². The van der Waals surface area contributed by atoms with Crippen molar-refractivity contribution in [1.29, 1.82) is 0 Å². The molecule has 0 bridgehead atoms. The Labute approximate surface area is 93.4 Å². The zero-order chi connectivity index (χ0) is 11.3. The highest BCUT2D eigenvalue weighted by molar-refractivity contribution is 5.93. The fourth-order valence-electron chi connectivity index (χ4n) is 2.56. The van der Waals surface area contributed by atoms with Crippen LogP contribution >= 0.6 is 0 Å². The maximum absolute atomic E-state index is 11.7. The number of amides is 1. The summed E-state index contributed by atoms with van der Waals surface area (Å²) in [7, 11) is 0. The molecule has 0 saturated carbocycles. The first kappa shape index (κ1) is 9.66. The van der Waals surface area contributed by atoms with Gasteiger partial charge in [0, 0.05) is 0 Å². The topological polar surface area (TPSA) is 49.8 Å². The number of rotatable bonds is 1.